The molecule has 2 aromatic rings. The van der Waals surface area contributed by atoms with Crippen LogP contribution in [-0.4, -0.2) is 3.71 Å². The van der Waals surface area contributed by atoms with E-state index in [0.29, 0.717) is 0 Å². The Bertz CT molecular complexity index is 1010. The van der Waals surface area contributed by atoms with Crippen molar-refractivity contribution in [3.05, 3.63) is 94.4 Å². The van der Waals surface area contributed by atoms with Gasteiger partial charge in [0.05, 0.1) is 0 Å². The first-order valence-corrected chi connectivity index (χ1v) is 9.96. The van der Waals surface area contributed by atoms with Gasteiger partial charge in [0, 0.05) is 0 Å². The molecule has 0 heterocycles. The van der Waals surface area contributed by atoms with Gasteiger partial charge >= 0.3 is 34.9 Å². The molecule has 0 nitrogen and oxygen atoms in total. The average molecular weight is 471 g/mol. The van der Waals surface area contributed by atoms with E-state index in [0.717, 1.165) is 12.8 Å². The first kappa shape index (κ1) is 23.8. The first-order chi connectivity index (χ1) is 12.4. The third kappa shape index (κ3) is 5.61. The number of halogens is 2. The molecule has 3 aliphatic rings. The van der Waals surface area contributed by atoms with Gasteiger partial charge in [-0.1, -0.05) is 53.1 Å². The van der Waals surface area contributed by atoms with Crippen LogP contribution in [0.15, 0.2) is 60.7 Å². The molecule has 0 bridgehead atoms. The van der Waals surface area contributed by atoms with Crippen molar-refractivity contribution in [2.24, 2.45) is 0 Å². The van der Waals surface area contributed by atoms with Gasteiger partial charge in [-0.15, -0.1) is 28.8 Å². The molecule has 0 saturated heterocycles. The van der Waals surface area contributed by atoms with Gasteiger partial charge in [0.1, 0.15) is 0 Å². The van der Waals surface area contributed by atoms with E-state index in [-0.39, 0.29) is 24.8 Å². The Morgan fingerprint density at radius 1 is 0.926 bits per heavy atom. The topological polar surface area (TPSA) is 0 Å². The summed E-state index contributed by atoms with van der Waals surface area (Å²) < 4.78 is 2.09. The van der Waals surface area contributed by atoms with Crippen LogP contribution in [0.3, 0.4) is 0 Å². The summed E-state index contributed by atoms with van der Waals surface area (Å²) in [4.78, 5) is 0. The van der Waals surface area contributed by atoms with Crippen LogP contribution in [0.5, 0.6) is 0 Å². The minimum Gasteiger partial charge on any atom is -1.00 e. The van der Waals surface area contributed by atoms with E-state index in [1.807, 2.05) is 25.2 Å². The molecule has 0 aliphatic heterocycles. The normalized spacial score (nSPS) is 13.4. The molecule has 2 aromatic carbocycles. The largest absolute Gasteiger partial charge is 1.00 e. The van der Waals surface area contributed by atoms with Crippen molar-refractivity contribution in [3.63, 3.8) is 0 Å². The molecule has 0 unspecified atom stereocenters. The molecule has 3 heteroatoms. The van der Waals surface area contributed by atoms with Crippen LogP contribution in [0.1, 0.15) is 24.5 Å². The maximum Gasteiger partial charge on any atom is -0.0296 e. The van der Waals surface area contributed by atoms with Gasteiger partial charge in [-0.2, -0.15) is 18.2 Å². The van der Waals surface area contributed by atoms with Gasteiger partial charge < -0.3 is 24.8 Å². The van der Waals surface area contributed by atoms with Gasteiger partial charge in [0.25, 0.3) is 0 Å². The molecular weight excluding hydrogens is 450 g/mol. The van der Waals surface area contributed by atoms with Crippen LogP contribution in [0, 0.1) is 12.2 Å². The van der Waals surface area contributed by atoms with Gasteiger partial charge in [-0.3, -0.25) is 6.08 Å². The van der Waals surface area contributed by atoms with E-state index in [1.54, 1.807) is 0 Å². The Hall–Kier alpha value is -1.27. The zero-order chi connectivity index (χ0) is 17.5. The molecule has 0 aromatic heterocycles. The zero-order valence-corrected chi connectivity index (χ0v) is 19.1. The van der Waals surface area contributed by atoms with Crippen molar-refractivity contribution in [2.45, 2.75) is 19.8 Å². The van der Waals surface area contributed by atoms with Crippen molar-refractivity contribution in [1.82, 2.24) is 0 Å². The van der Waals surface area contributed by atoms with E-state index in [2.05, 4.69) is 70.5 Å². The predicted molar refractivity (Wildman–Crippen MR) is 105 cm³/mol. The molecule has 3 aliphatic carbocycles. The monoisotopic (exact) mass is 468 g/mol. The van der Waals surface area contributed by atoms with Crippen molar-refractivity contribution in [2.75, 3.05) is 0 Å². The Morgan fingerprint density at radius 3 is 2.22 bits per heavy atom. The number of fused-ring (bicyclic) bond motifs is 6. The SMILES string of the molecule is C[CH]=[Zr+2].[C-]1=CC=CC1.[C-]1=CC=c2c1c1c(c3ccccc23)=CC=CC1.[Cl-].[Cl-]. The third-order valence-electron chi connectivity index (χ3n) is 4.19. The van der Waals surface area contributed by atoms with Gasteiger partial charge in [-0.05, 0) is 11.8 Å². The molecule has 0 saturated carbocycles. The van der Waals surface area contributed by atoms with E-state index >= 15 is 0 Å². The third-order valence-corrected chi connectivity index (χ3v) is 4.19. The average Bonchev–Trinajstić information content (AvgIpc) is 3.37. The molecule has 27 heavy (non-hydrogen) atoms. The minimum absolute atomic E-state index is 0. The van der Waals surface area contributed by atoms with Crippen LogP contribution >= 0.6 is 0 Å². The quantitative estimate of drug-likeness (QED) is 0.388. The summed E-state index contributed by atoms with van der Waals surface area (Å²) in [5.74, 6) is 0. The summed E-state index contributed by atoms with van der Waals surface area (Å²) in [6.07, 6.45) is 25.2. The second-order valence-corrected chi connectivity index (χ2v) is 7.21. The summed E-state index contributed by atoms with van der Waals surface area (Å²) in [7, 11) is 0. The fourth-order valence-corrected chi connectivity index (χ4v) is 3.19. The fraction of sp³-hybridized carbons (Fsp3) is 0.125. The number of hydrogen-bond acceptors (Lipinski definition) is 0. The Labute approximate surface area is 188 Å². The van der Waals surface area contributed by atoms with Crippen LogP contribution in [0.25, 0.3) is 22.9 Å². The molecule has 0 atom stereocenters. The van der Waals surface area contributed by atoms with Crippen molar-refractivity contribution in [3.8, 4) is 0 Å². The maximum absolute atomic E-state index is 3.39. The van der Waals surface area contributed by atoms with Crippen LogP contribution in [-0.2, 0) is 30.7 Å². The summed E-state index contributed by atoms with van der Waals surface area (Å²) in [5, 5.41) is 5.41. The summed E-state index contributed by atoms with van der Waals surface area (Å²) in [6, 6.07) is 8.65. The second kappa shape index (κ2) is 12.2. The van der Waals surface area contributed by atoms with Crippen LogP contribution in [0.4, 0.5) is 0 Å². The minimum atomic E-state index is 0. The molecule has 5 rings (SSSR count). The Kier molecular flexibility index (Phi) is 10.8. The molecule has 0 N–H and O–H groups in total. The van der Waals surface area contributed by atoms with E-state index in [4.69, 9.17) is 0 Å². The Balaban J connectivity index is 0.000000312. The first-order valence-electron chi connectivity index (χ1n) is 8.54. The molecule has 0 amide bonds. The fourth-order valence-electron chi connectivity index (χ4n) is 3.19. The Morgan fingerprint density at radius 2 is 1.63 bits per heavy atom. The molecule has 0 spiro atoms. The standard InChI is InChI=1S/C17H11.C5H5.C2H4.2ClH.Zr/c1-3-8-14-12(6-1)13-7-2-4-9-15(13)17-11-5-10-16(14)17;1-2-4-5-3-1;1-2;;;/h1-8,10H,9H2;1-3H,4H2;1H,2H3;2*1H;/q2*-1;;;;+2/p-2. The van der Waals surface area contributed by atoms with Crippen molar-refractivity contribution in [1.29, 1.82) is 0 Å². The van der Waals surface area contributed by atoms with Crippen molar-refractivity contribution >= 4 is 26.6 Å². The van der Waals surface area contributed by atoms with Gasteiger partial charge in [0.15, 0.2) is 0 Å². The second-order valence-electron chi connectivity index (χ2n) is 5.79. The smallest absolute Gasteiger partial charge is 0.0296 e. The van der Waals surface area contributed by atoms with Crippen molar-refractivity contribution < 1.29 is 49.0 Å². The van der Waals surface area contributed by atoms with Crippen LogP contribution < -0.4 is 35.3 Å². The zero-order valence-electron chi connectivity index (χ0n) is 15.2. The van der Waals surface area contributed by atoms with Crippen LogP contribution in [0.2, 0.25) is 0 Å². The maximum atomic E-state index is 3.39. The number of hydrogen-bond donors (Lipinski definition) is 0. The van der Waals surface area contributed by atoms with Gasteiger partial charge in [0.2, 0.25) is 0 Å². The molecule has 0 radical (unpaired) electrons. The number of allylic oxidation sites excluding steroid dienone is 7. The number of benzene rings is 2. The van der Waals surface area contributed by atoms with Gasteiger partial charge in [-0.25, -0.2) is 12.2 Å². The summed E-state index contributed by atoms with van der Waals surface area (Å²) >= 11 is 1.51. The predicted octanol–water partition coefficient (Wildman–Crippen LogP) is -2.10. The molecule has 136 valence electrons. The molecule has 0 fully saturated rings. The molecular formula is C24H20Cl2Zr-2. The number of rotatable bonds is 0. The van der Waals surface area contributed by atoms with E-state index < -0.39 is 0 Å². The summed E-state index contributed by atoms with van der Waals surface area (Å²) in [5.41, 5.74) is 2.71. The van der Waals surface area contributed by atoms with E-state index in [9.17, 15) is 0 Å². The van der Waals surface area contributed by atoms with E-state index in [1.165, 1.54) is 56.6 Å². The summed E-state index contributed by atoms with van der Waals surface area (Å²) in [6.45, 7) is 2.04.